The van der Waals surface area contributed by atoms with Crippen molar-refractivity contribution in [2.24, 2.45) is 0 Å². The van der Waals surface area contributed by atoms with E-state index in [-0.39, 0.29) is 30.5 Å². The van der Waals surface area contributed by atoms with E-state index in [0.717, 1.165) is 38.8 Å². The van der Waals surface area contributed by atoms with Gasteiger partial charge >= 0.3 is 0 Å². The number of likely N-dealkylation sites (tertiary alicyclic amines) is 2. The molecule has 0 aliphatic carbocycles. The van der Waals surface area contributed by atoms with Gasteiger partial charge in [-0.1, -0.05) is 0 Å². The molecule has 0 spiro atoms. The van der Waals surface area contributed by atoms with Gasteiger partial charge in [-0.3, -0.25) is 9.59 Å². The lowest BCUT2D eigenvalue weighted by Gasteiger charge is -2.39. The Morgan fingerprint density at radius 3 is 2.21 bits per heavy atom. The molecule has 2 aliphatic heterocycles. The molecule has 2 heterocycles. The lowest BCUT2D eigenvalue weighted by Crippen LogP contribution is -2.49. The van der Waals surface area contributed by atoms with Crippen molar-refractivity contribution in [2.45, 2.75) is 64.1 Å². The predicted molar refractivity (Wildman–Crippen MR) is 114 cm³/mol. The van der Waals surface area contributed by atoms with Gasteiger partial charge < -0.3 is 19.4 Å². The standard InChI is InChI=1S/C23H35N3O3/c1-17-6-5-7-18(2)26(17)22(27)16-29-21-10-8-19(9-11-21)23(28)25(4)20-12-14-24(3)15-13-20/h8-11,17-18,20H,5-7,12-16H2,1-4H3. The molecule has 6 nitrogen and oxygen atoms in total. The van der Waals surface area contributed by atoms with Crippen molar-refractivity contribution >= 4 is 11.8 Å². The highest BCUT2D eigenvalue weighted by Gasteiger charge is 2.29. The normalized spacial score (nSPS) is 23.7. The van der Waals surface area contributed by atoms with Gasteiger partial charge in [-0.2, -0.15) is 0 Å². The fraction of sp³-hybridized carbons (Fsp3) is 0.652. The molecule has 0 saturated carbocycles. The van der Waals surface area contributed by atoms with Crippen LogP contribution < -0.4 is 4.74 Å². The molecule has 29 heavy (non-hydrogen) atoms. The quantitative estimate of drug-likeness (QED) is 0.761. The molecular weight excluding hydrogens is 366 g/mol. The minimum Gasteiger partial charge on any atom is -0.484 e. The molecule has 2 atom stereocenters. The monoisotopic (exact) mass is 401 g/mol. The van der Waals surface area contributed by atoms with Gasteiger partial charge in [0.2, 0.25) is 0 Å². The first-order chi connectivity index (χ1) is 13.9. The SMILES string of the molecule is CC1CCCC(C)N1C(=O)COc1ccc(C(=O)N(C)C2CCN(C)CC2)cc1. The van der Waals surface area contributed by atoms with Gasteiger partial charge in [-0.25, -0.2) is 0 Å². The van der Waals surface area contributed by atoms with Crippen LogP contribution in [0.2, 0.25) is 0 Å². The zero-order valence-electron chi connectivity index (χ0n) is 18.3. The van der Waals surface area contributed by atoms with Crippen molar-refractivity contribution in [1.82, 2.24) is 14.7 Å². The molecule has 0 radical (unpaired) electrons. The number of benzene rings is 1. The van der Waals surface area contributed by atoms with Crippen LogP contribution in [0.3, 0.4) is 0 Å². The summed E-state index contributed by atoms with van der Waals surface area (Å²) in [6.45, 7) is 6.30. The summed E-state index contributed by atoms with van der Waals surface area (Å²) in [5.74, 6) is 0.694. The molecule has 0 bridgehead atoms. The van der Waals surface area contributed by atoms with Crippen LogP contribution in [-0.4, -0.2) is 78.4 Å². The van der Waals surface area contributed by atoms with Gasteiger partial charge in [0.15, 0.2) is 6.61 Å². The van der Waals surface area contributed by atoms with Crippen molar-refractivity contribution < 1.29 is 14.3 Å². The number of piperidine rings is 2. The van der Waals surface area contributed by atoms with Crippen molar-refractivity contribution in [3.63, 3.8) is 0 Å². The van der Waals surface area contributed by atoms with Crippen molar-refractivity contribution in [2.75, 3.05) is 33.8 Å². The van der Waals surface area contributed by atoms with Crippen LogP contribution >= 0.6 is 0 Å². The molecular formula is C23H35N3O3. The van der Waals surface area contributed by atoms with E-state index in [9.17, 15) is 9.59 Å². The van der Waals surface area contributed by atoms with Crippen LogP contribution in [0.25, 0.3) is 0 Å². The Kier molecular flexibility index (Phi) is 7.17. The fourth-order valence-electron chi connectivity index (χ4n) is 4.58. The molecule has 3 rings (SSSR count). The summed E-state index contributed by atoms with van der Waals surface area (Å²) in [4.78, 5) is 31.5. The van der Waals surface area contributed by atoms with Crippen molar-refractivity contribution in [1.29, 1.82) is 0 Å². The van der Waals surface area contributed by atoms with Crippen LogP contribution in [0.15, 0.2) is 24.3 Å². The summed E-state index contributed by atoms with van der Waals surface area (Å²) in [6.07, 6.45) is 5.30. The van der Waals surface area contributed by atoms with Crippen LogP contribution in [0, 0.1) is 0 Å². The smallest absolute Gasteiger partial charge is 0.260 e. The number of hydrogen-bond donors (Lipinski definition) is 0. The van der Waals surface area contributed by atoms with Gasteiger partial charge in [0, 0.05) is 30.7 Å². The second-order valence-electron chi connectivity index (χ2n) is 8.69. The minimum atomic E-state index is 0.0341. The average Bonchev–Trinajstić information content (AvgIpc) is 2.72. The first-order valence-electron chi connectivity index (χ1n) is 10.9. The lowest BCUT2D eigenvalue weighted by atomic mass is 9.97. The highest BCUT2D eigenvalue weighted by atomic mass is 16.5. The first kappa shape index (κ1) is 21.6. The summed E-state index contributed by atoms with van der Waals surface area (Å²) in [6, 6.07) is 7.98. The Morgan fingerprint density at radius 2 is 1.62 bits per heavy atom. The van der Waals surface area contributed by atoms with Gasteiger partial charge in [0.1, 0.15) is 5.75 Å². The van der Waals surface area contributed by atoms with Crippen molar-refractivity contribution in [3.8, 4) is 5.75 Å². The molecule has 2 amide bonds. The van der Waals surface area contributed by atoms with E-state index in [4.69, 9.17) is 4.74 Å². The van der Waals surface area contributed by atoms with E-state index in [0.29, 0.717) is 17.4 Å². The average molecular weight is 402 g/mol. The molecule has 2 fully saturated rings. The molecule has 2 aliphatic rings. The highest BCUT2D eigenvalue weighted by molar-refractivity contribution is 5.94. The van der Waals surface area contributed by atoms with Crippen molar-refractivity contribution in [3.05, 3.63) is 29.8 Å². The summed E-state index contributed by atoms with van der Waals surface area (Å²) >= 11 is 0. The first-order valence-corrected chi connectivity index (χ1v) is 10.9. The molecule has 160 valence electrons. The molecule has 1 aromatic rings. The Bertz CT molecular complexity index is 688. The third kappa shape index (κ3) is 5.30. The zero-order chi connectivity index (χ0) is 21.0. The molecule has 1 aromatic carbocycles. The third-order valence-electron chi connectivity index (χ3n) is 6.50. The maximum Gasteiger partial charge on any atom is 0.260 e. The fourth-order valence-corrected chi connectivity index (χ4v) is 4.58. The molecule has 2 saturated heterocycles. The van der Waals surface area contributed by atoms with E-state index in [1.807, 2.05) is 16.8 Å². The van der Waals surface area contributed by atoms with Gasteiger partial charge in [-0.05, 0) is 90.4 Å². The molecule has 2 unspecified atom stereocenters. The van der Waals surface area contributed by atoms with Crippen LogP contribution in [0.1, 0.15) is 56.3 Å². The molecule has 6 heteroatoms. The summed E-state index contributed by atoms with van der Waals surface area (Å²) in [5.41, 5.74) is 0.656. The second-order valence-corrected chi connectivity index (χ2v) is 8.69. The van der Waals surface area contributed by atoms with E-state index < -0.39 is 0 Å². The van der Waals surface area contributed by atoms with Crippen LogP contribution in [0.4, 0.5) is 0 Å². The molecule has 0 N–H and O–H groups in total. The number of carbonyl (C=O) groups excluding carboxylic acids is 2. The summed E-state index contributed by atoms with van der Waals surface area (Å²) in [5, 5.41) is 0. The Hall–Kier alpha value is -2.08. The van der Waals surface area contributed by atoms with Gasteiger partial charge in [-0.15, -0.1) is 0 Å². The maximum absolute atomic E-state index is 12.8. The second kappa shape index (κ2) is 9.61. The van der Waals surface area contributed by atoms with E-state index in [1.54, 1.807) is 24.3 Å². The molecule has 0 aromatic heterocycles. The largest absolute Gasteiger partial charge is 0.484 e. The summed E-state index contributed by atoms with van der Waals surface area (Å²) in [7, 11) is 4.01. The van der Waals surface area contributed by atoms with E-state index in [2.05, 4.69) is 25.8 Å². The lowest BCUT2D eigenvalue weighted by molar-refractivity contribution is -0.139. The van der Waals surface area contributed by atoms with E-state index in [1.165, 1.54) is 6.42 Å². The Balaban J connectivity index is 1.53. The number of carbonyl (C=O) groups is 2. The number of nitrogens with zero attached hydrogens (tertiary/aromatic N) is 3. The zero-order valence-corrected chi connectivity index (χ0v) is 18.3. The van der Waals surface area contributed by atoms with Crippen LogP contribution in [0.5, 0.6) is 5.75 Å². The Morgan fingerprint density at radius 1 is 1.03 bits per heavy atom. The predicted octanol–water partition coefficient (Wildman–Crippen LogP) is 3.02. The third-order valence-corrected chi connectivity index (χ3v) is 6.50. The minimum absolute atomic E-state index is 0.0341. The number of hydrogen-bond acceptors (Lipinski definition) is 4. The van der Waals surface area contributed by atoms with Gasteiger partial charge in [0.05, 0.1) is 0 Å². The number of rotatable bonds is 5. The Labute approximate surface area is 174 Å². The number of amides is 2. The van der Waals surface area contributed by atoms with Gasteiger partial charge in [0.25, 0.3) is 11.8 Å². The van der Waals surface area contributed by atoms with Crippen LogP contribution in [-0.2, 0) is 4.79 Å². The maximum atomic E-state index is 12.8. The van der Waals surface area contributed by atoms with E-state index >= 15 is 0 Å². The highest BCUT2D eigenvalue weighted by Crippen LogP contribution is 2.23. The topological polar surface area (TPSA) is 53.1 Å². The number of ether oxygens (including phenoxy) is 1. The summed E-state index contributed by atoms with van der Waals surface area (Å²) < 4.78 is 5.72.